The third kappa shape index (κ3) is 5.04. The molecule has 30 heavy (non-hydrogen) atoms. The van der Waals surface area contributed by atoms with Gasteiger partial charge in [-0.25, -0.2) is 4.98 Å². The molecule has 0 spiro atoms. The molecule has 3 heterocycles. The normalized spacial score (nSPS) is 16.5. The number of pyridine rings is 1. The molecule has 1 aliphatic rings. The lowest BCUT2D eigenvalue weighted by atomic mass is 9.76. The van der Waals surface area contributed by atoms with Crippen molar-refractivity contribution in [2.24, 2.45) is 5.41 Å². The largest absolute Gasteiger partial charge is 0.494 e. The highest BCUT2D eigenvalue weighted by atomic mass is 35.5. The van der Waals surface area contributed by atoms with E-state index in [1.165, 1.54) is 5.69 Å². The molecule has 158 valence electrons. The maximum absolute atomic E-state index is 10.1. The number of aromatic nitrogens is 2. The molecule has 0 atom stereocenters. The Morgan fingerprint density at radius 3 is 2.53 bits per heavy atom. The summed E-state index contributed by atoms with van der Waals surface area (Å²) in [5.74, 6) is 1.76. The van der Waals surface area contributed by atoms with Crippen LogP contribution >= 0.6 is 11.6 Å². The van der Waals surface area contributed by atoms with Crippen LogP contribution in [-0.4, -0.2) is 45.9 Å². The molecule has 1 aromatic carbocycles. The average molecular weight is 426 g/mol. The number of para-hydroxylation sites is 1. The molecular weight excluding hydrogens is 398 g/mol. The molecule has 1 aliphatic heterocycles. The predicted octanol–water partition coefficient (Wildman–Crippen LogP) is 4.57. The fourth-order valence-electron chi connectivity index (χ4n) is 4.08. The third-order valence-corrected chi connectivity index (χ3v) is 6.30. The lowest BCUT2D eigenvalue weighted by Gasteiger charge is -2.40. The Balaban J connectivity index is 1.32. The van der Waals surface area contributed by atoms with E-state index in [1.54, 1.807) is 6.20 Å². The summed E-state index contributed by atoms with van der Waals surface area (Å²) < 4.78 is 7.99. The highest BCUT2D eigenvalue weighted by molar-refractivity contribution is 6.30. The smallest absolute Gasteiger partial charge is 0.136 e. The first-order valence-corrected chi connectivity index (χ1v) is 10.8. The fourth-order valence-corrected chi connectivity index (χ4v) is 4.19. The number of rotatable bonds is 8. The zero-order valence-electron chi connectivity index (χ0n) is 17.1. The molecule has 1 fully saturated rings. The van der Waals surface area contributed by atoms with Crippen LogP contribution in [0.5, 0.6) is 5.75 Å². The number of piperidine rings is 1. The van der Waals surface area contributed by atoms with Crippen molar-refractivity contribution in [1.29, 1.82) is 0 Å². The molecule has 1 saturated heterocycles. The number of likely N-dealkylation sites (tertiary alicyclic amines) is 1. The first kappa shape index (κ1) is 20.9. The number of benzene rings is 1. The van der Waals surface area contributed by atoms with E-state index in [0.29, 0.717) is 11.6 Å². The minimum absolute atomic E-state index is 0.0506. The van der Waals surface area contributed by atoms with E-state index in [1.807, 2.05) is 48.7 Å². The van der Waals surface area contributed by atoms with Crippen molar-refractivity contribution in [3.05, 3.63) is 77.7 Å². The SMILES string of the molecule is OCC1(CCOc2ccccc2)CCN(Cc2cccn2-c2ccc(Cl)cn2)CC1. The van der Waals surface area contributed by atoms with Gasteiger partial charge in [0, 0.05) is 31.2 Å². The predicted molar refractivity (Wildman–Crippen MR) is 119 cm³/mol. The Bertz CT molecular complexity index is 919. The van der Waals surface area contributed by atoms with Crippen molar-refractivity contribution in [3.63, 3.8) is 0 Å². The molecule has 0 bridgehead atoms. The summed E-state index contributed by atoms with van der Waals surface area (Å²) in [5, 5.41) is 10.7. The average Bonchev–Trinajstić information content (AvgIpc) is 3.24. The second-order valence-corrected chi connectivity index (χ2v) is 8.49. The van der Waals surface area contributed by atoms with Crippen LogP contribution in [0.2, 0.25) is 5.02 Å². The van der Waals surface area contributed by atoms with Gasteiger partial charge in [-0.1, -0.05) is 29.8 Å². The fraction of sp³-hybridized carbons (Fsp3) is 0.375. The van der Waals surface area contributed by atoms with E-state index in [-0.39, 0.29) is 12.0 Å². The van der Waals surface area contributed by atoms with Crippen LogP contribution in [0.15, 0.2) is 67.0 Å². The van der Waals surface area contributed by atoms with Crippen molar-refractivity contribution >= 4 is 11.6 Å². The van der Waals surface area contributed by atoms with Gasteiger partial charge < -0.3 is 14.4 Å². The summed E-state index contributed by atoms with van der Waals surface area (Å²) in [6.07, 6.45) is 6.53. The highest BCUT2D eigenvalue weighted by Crippen LogP contribution is 2.35. The topological polar surface area (TPSA) is 50.5 Å². The van der Waals surface area contributed by atoms with Gasteiger partial charge in [-0.15, -0.1) is 0 Å². The van der Waals surface area contributed by atoms with Crippen LogP contribution in [0, 0.1) is 5.41 Å². The van der Waals surface area contributed by atoms with Gasteiger partial charge in [0.2, 0.25) is 0 Å². The maximum Gasteiger partial charge on any atom is 0.136 e. The Morgan fingerprint density at radius 2 is 1.83 bits per heavy atom. The molecular formula is C24H28ClN3O2. The summed E-state index contributed by atoms with van der Waals surface area (Å²) >= 11 is 5.97. The Morgan fingerprint density at radius 1 is 1.03 bits per heavy atom. The number of hydrogen-bond donors (Lipinski definition) is 1. The standard InChI is InChI=1S/C24H28ClN3O2/c25-20-8-9-23(26-17-20)28-13-4-5-21(28)18-27-14-10-24(19-29,11-15-27)12-16-30-22-6-2-1-3-7-22/h1-9,13,17,29H,10-12,14-16,18-19H2. The van der Waals surface area contributed by atoms with Gasteiger partial charge in [-0.2, -0.15) is 0 Å². The van der Waals surface area contributed by atoms with Crippen LogP contribution in [0.1, 0.15) is 25.0 Å². The number of ether oxygens (including phenoxy) is 1. The van der Waals surface area contributed by atoms with Crippen molar-refractivity contribution in [1.82, 2.24) is 14.5 Å². The molecule has 1 N–H and O–H groups in total. The number of aliphatic hydroxyl groups is 1. The van der Waals surface area contributed by atoms with E-state index in [9.17, 15) is 5.11 Å². The first-order chi connectivity index (χ1) is 14.7. The Hall–Kier alpha value is -2.34. The van der Waals surface area contributed by atoms with Crippen LogP contribution < -0.4 is 4.74 Å². The molecule has 2 aromatic heterocycles. The van der Waals surface area contributed by atoms with E-state index >= 15 is 0 Å². The van der Waals surface area contributed by atoms with Crippen LogP contribution in [0.25, 0.3) is 5.82 Å². The van der Waals surface area contributed by atoms with Gasteiger partial charge in [0.15, 0.2) is 0 Å². The number of aliphatic hydroxyl groups excluding tert-OH is 1. The molecule has 5 nitrogen and oxygen atoms in total. The van der Waals surface area contributed by atoms with Gasteiger partial charge in [0.25, 0.3) is 0 Å². The third-order valence-electron chi connectivity index (χ3n) is 6.07. The minimum Gasteiger partial charge on any atom is -0.494 e. The van der Waals surface area contributed by atoms with Gasteiger partial charge >= 0.3 is 0 Å². The molecule has 0 saturated carbocycles. The molecule has 0 amide bonds. The minimum atomic E-state index is -0.0506. The van der Waals surface area contributed by atoms with Crippen molar-refractivity contribution in [2.75, 3.05) is 26.3 Å². The number of halogens is 1. The van der Waals surface area contributed by atoms with Gasteiger partial charge in [-0.05, 0) is 74.2 Å². The highest BCUT2D eigenvalue weighted by Gasteiger charge is 2.34. The zero-order chi connectivity index (χ0) is 20.8. The van der Waals surface area contributed by atoms with Crippen LogP contribution in [0.4, 0.5) is 0 Å². The van der Waals surface area contributed by atoms with Crippen molar-refractivity contribution in [2.45, 2.75) is 25.8 Å². The molecule has 6 heteroatoms. The second kappa shape index (κ2) is 9.65. The summed E-state index contributed by atoms with van der Waals surface area (Å²) in [6.45, 7) is 3.63. The zero-order valence-corrected chi connectivity index (χ0v) is 17.8. The maximum atomic E-state index is 10.1. The monoisotopic (exact) mass is 425 g/mol. The van der Waals surface area contributed by atoms with Gasteiger partial charge in [0.05, 0.1) is 11.6 Å². The molecule has 0 unspecified atom stereocenters. The van der Waals surface area contributed by atoms with Gasteiger partial charge in [0.1, 0.15) is 11.6 Å². The van der Waals surface area contributed by atoms with E-state index in [0.717, 1.165) is 50.5 Å². The molecule has 0 aliphatic carbocycles. The van der Waals surface area contributed by atoms with E-state index < -0.39 is 0 Å². The molecule has 3 aromatic rings. The lowest BCUT2D eigenvalue weighted by molar-refractivity contribution is 0.0238. The summed E-state index contributed by atoms with van der Waals surface area (Å²) in [4.78, 5) is 6.89. The quantitative estimate of drug-likeness (QED) is 0.574. The van der Waals surface area contributed by atoms with Gasteiger partial charge in [-0.3, -0.25) is 4.90 Å². The summed E-state index contributed by atoms with van der Waals surface area (Å²) in [7, 11) is 0. The first-order valence-electron chi connectivity index (χ1n) is 10.5. The Kier molecular flexibility index (Phi) is 6.72. The Labute approximate surface area is 182 Å². The van der Waals surface area contributed by atoms with E-state index in [4.69, 9.17) is 16.3 Å². The summed E-state index contributed by atoms with van der Waals surface area (Å²) in [6, 6.07) is 17.9. The molecule has 0 radical (unpaired) electrons. The summed E-state index contributed by atoms with van der Waals surface area (Å²) in [5.41, 5.74) is 1.15. The molecule has 4 rings (SSSR count). The number of hydrogen-bond acceptors (Lipinski definition) is 4. The van der Waals surface area contributed by atoms with Crippen LogP contribution in [0.3, 0.4) is 0 Å². The number of nitrogens with zero attached hydrogens (tertiary/aromatic N) is 3. The lowest BCUT2D eigenvalue weighted by Crippen LogP contribution is -2.42. The van der Waals surface area contributed by atoms with Crippen molar-refractivity contribution in [3.8, 4) is 11.6 Å². The second-order valence-electron chi connectivity index (χ2n) is 8.05. The van der Waals surface area contributed by atoms with Crippen LogP contribution in [-0.2, 0) is 6.54 Å². The van der Waals surface area contributed by atoms with Crippen molar-refractivity contribution < 1.29 is 9.84 Å². The van der Waals surface area contributed by atoms with E-state index in [2.05, 4.69) is 26.6 Å².